The van der Waals surface area contributed by atoms with Gasteiger partial charge in [0.05, 0.1) is 5.57 Å². The maximum absolute atomic E-state index is 14.7. The Morgan fingerprint density at radius 2 is 1.88 bits per heavy atom. The van der Waals surface area contributed by atoms with E-state index in [9.17, 15) is 26.7 Å². The first kappa shape index (κ1) is 32.5. The van der Waals surface area contributed by atoms with Gasteiger partial charge in [0.15, 0.2) is 5.78 Å². The Morgan fingerprint density at radius 1 is 1.20 bits per heavy atom. The summed E-state index contributed by atoms with van der Waals surface area (Å²) in [4.78, 5) is 17.6. The number of allylic oxidation sites excluding steroid dienone is 4. The molecule has 1 aromatic carbocycles. The summed E-state index contributed by atoms with van der Waals surface area (Å²) in [5.41, 5.74) is -0.0826. The summed E-state index contributed by atoms with van der Waals surface area (Å²) in [6, 6.07) is 6.72. The van der Waals surface area contributed by atoms with Crippen LogP contribution in [-0.2, 0) is 4.79 Å². The fraction of sp³-hybridized carbons (Fsp3) is 0.500. The Bertz CT molecular complexity index is 1200. The maximum Gasteiger partial charge on any atom is 0.417 e. The standard InChI is InChI=1S/C30H36ClF5N4O/c1-19-15-29(32,33)13-5-6-21(28(41)27(37)25(18-38-2)20-9-11-24(31)12-10-20)14-22(19)16-39-26-8-4-3-7-23(17-40-26)30(34,35)36/h7-12,17-19,21-22,37-39H,3-6,13-16H2,1-2H3/b23-7-,25-18-,26-8-,37-27?,40-17-. The minimum Gasteiger partial charge on any atom is -0.393 e. The van der Waals surface area contributed by atoms with E-state index in [1.807, 2.05) is 0 Å². The first-order chi connectivity index (χ1) is 19.3. The Labute approximate surface area is 242 Å². The zero-order valence-corrected chi connectivity index (χ0v) is 23.9. The third-order valence-corrected chi connectivity index (χ3v) is 7.77. The lowest BCUT2D eigenvalue weighted by Gasteiger charge is -2.29. The molecular weight excluding hydrogens is 563 g/mol. The zero-order chi connectivity index (χ0) is 30.2. The molecule has 1 aliphatic heterocycles. The van der Waals surface area contributed by atoms with Crippen LogP contribution in [0.1, 0.15) is 57.4 Å². The Morgan fingerprint density at radius 3 is 2.54 bits per heavy atom. The van der Waals surface area contributed by atoms with E-state index in [-0.39, 0.29) is 56.6 Å². The van der Waals surface area contributed by atoms with Crippen LogP contribution in [0.3, 0.4) is 0 Å². The molecule has 5 nitrogen and oxygen atoms in total. The van der Waals surface area contributed by atoms with Crippen molar-refractivity contribution >= 4 is 34.9 Å². The second-order valence-corrected chi connectivity index (χ2v) is 11.1. The lowest BCUT2D eigenvalue weighted by Crippen LogP contribution is -2.33. The fourth-order valence-electron chi connectivity index (χ4n) is 5.24. The second-order valence-electron chi connectivity index (χ2n) is 10.7. The third-order valence-electron chi connectivity index (χ3n) is 7.52. The van der Waals surface area contributed by atoms with Crippen LogP contribution in [0, 0.1) is 23.2 Å². The highest BCUT2D eigenvalue weighted by atomic mass is 35.5. The van der Waals surface area contributed by atoms with E-state index in [0.717, 1.165) is 12.3 Å². The number of nitrogens with one attached hydrogen (secondary N) is 3. The van der Waals surface area contributed by atoms with Gasteiger partial charge in [-0.1, -0.05) is 36.7 Å². The summed E-state index contributed by atoms with van der Waals surface area (Å²) in [7, 11) is 1.65. The van der Waals surface area contributed by atoms with Gasteiger partial charge in [-0.25, -0.2) is 13.8 Å². The summed E-state index contributed by atoms with van der Waals surface area (Å²) in [6.45, 7) is 1.86. The average Bonchev–Trinajstić information content (AvgIpc) is 2.93. The van der Waals surface area contributed by atoms with E-state index < -0.39 is 41.2 Å². The number of alkyl halides is 5. The Hall–Kier alpha value is -3.01. The predicted molar refractivity (Wildman–Crippen MR) is 153 cm³/mol. The van der Waals surface area contributed by atoms with Crippen LogP contribution in [0.4, 0.5) is 22.0 Å². The smallest absolute Gasteiger partial charge is 0.393 e. The molecule has 2 aliphatic rings. The topological polar surface area (TPSA) is 77.3 Å². The Kier molecular flexibility index (Phi) is 11.3. The quantitative estimate of drug-likeness (QED) is 0.212. The lowest BCUT2D eigenvalue weighted by atomic mass is 9.79. The van der Waals surface area contributed by atoms with E-state index in [2.05, 4.69) is 15.6 Å². The van der Waals surface area contributed by atoms with Gasteiger partial charge in [0.1, 0.15) is 11.5 Å². The van der Waals surface area contributed by atoms with Crippen LogP contribution in [0.25, 0.3) is 5.57 Å². The van der Waals surface area contributed by atoms with Crippen LogP contribution in [0.15, 0.2) is 59.0 Å². The van der Waals surface area contributed by atoms with Crippen molar-refractivity contribution in [2.24, 2.45) is 22.7 Å². The summed E-state index contributed by atoms with van der Waals surface area (Å²) >= 11 is 6.00. The summed E-state index contributed by atoms with van der Waals surface area (Å²) in [5.74, 6) is -4.69. The number of hydrogen-bond acceptors (Lipinski definition) is 5. The van der Waals surface area contributed by atoms with Crippen LogP contribution in [-0.4, -0.2) is 43.4 Å². The second kappa shape index (κ2) is 14.2. The molecule has 3 atom stereocenters. The van der Waals surface area contributed by atoms with Gasteiger partial charge in [-0.2, -0.15) is 13.2 Å². The van der Waals surface area contributed by atoms with Crippen LogP contribution in [0.5, 0.6) is 0 Å². The normalized spacial score (nSPS) is 27.3. The summed E-state index contributed by atoms with van der Waals surface area (Å²) in [6.07, 6.45) is 0.955. The molecule has 11 heteroatoms. The molecule has 41 heavy (non-hydrogen) atoms. The molecule has 0 spiro atoms. The van der Waals surface area contributed by atoms with Gasteiger partial charge in [-0.3, -0.25) is 10.2 Å². The van der Waals surface area contributed by atoms with Crippen LogP contribution in [0.2, 0.25) is 5.02 Å². The molecule has 224 valence electrons. The van der Waals surface area contributed by atoms with Gasteiger partial charge >= 0.3 is 6.18 Å². The van der Waals surface area contributed by atoms with Crippen molar-refractivity contribution in [3.8, 4) is 0 Å². The van der Waals surface area contributed by atoms with Crippen molar-refractivity contribution in [2.45, 2.75) is 64.0 Å². The molecule has 0 radical (unpaired) electrons. The number of ketones is 1. The van der Waals surface area contributed by atoms with Gasteiger partial charge in [-0.15, -0.1) is 0 Å². The first-order valence-corrected chi connectivity index (χ1v) is 14.1. The Balaban J connectivity index is 1.82. The molecule has 1 heterocycles. The highest BCUT2D eigenvalue weighted by Crippen LogP contribution is 2.38. The van der Waals surface area contributed by atoms with Crippen molar-refractivity contribution in [3.05, 3.63) is 64.6 Å². The van der Waals surface area contributed by atoms with E-state index in [0.29, 0.717) is 22.6 Å². The third kappa shape index (κ3) is 9.51. The van der Waals surface area contributed by atoms with Crippen molar-refractivity contribution in [1.29, 1.82) is 5.41 Å². The van der Waals surface area contributed by atoms with Gasteiger partial charge in [0.25, 0.3) is 0 Å². The van der Waals surface area contributed by atoms with E-state index >= 15 is 0 Å². The molecule has 0 saturated heterocycles. The number of Topliss-reactive ketones (excluding diaryl/α,β-unsaturated/α-hetero) is 1. The SMILES string of the molecule is CN/C=C(\C(=N)C(=O)C1CCCC(F)(F)CC(C)C(CNC2=C/CC/C=C(C(F)(F)F)/C=N\2)C1)c1ccc(Cl)cc1. The van der Waals surface area contributed by atoms with E-state index in [4.69, 9.17) is 17.0 Å². The predicted octanol–water partition coefficient (Wildman–Crippen LogP) is 7.74. The number of nitrogens with zero attached hydrogens (tertiary/aromatic N) is 1. The highest BCUT2D eigenvalue weighted by molar-refractivity contribution is 6.55. The van der Waals surface area contributed by atoms with Crippen molar-refractivity contribution in [2.75, 3.05) is 13.6 Å². The van der Waals surface area contributed by atoms with Crippen molar-refractivity contribution in [1.82, 2.24) is 10.6 Å². The highest BCUT2D eigenvalue weighted by Gasteiger charge is 2.38. The minimum absolute atomic E-state index is 0.136. The van der Waals surface area contributed by atoms with Gasteiger partial charge in [0, 0.05) is 55.4 Å². The van der Waals surface area contributed by atoms with Crippen LogP contribution < -0.4 is 10.6 Å². The number of halogens is 6. The van der Waals surface area contributed by atoms with Gasteiger partial charge in [-0.05, 0) is 67.7 Å². The number of carbonyl (C=O) groups is 1. The van der Waals surface area contributed by atoms with Crippen molar-refractivity contribution < 1.29 is 26.7 Å². The molecular formula is C30H36ClF5N4O. The monoisotopic (exact) mass is 598 g/mol. The van der Waals surface area contributed by atoms with Gasteiger partial charge in [0.2, 0.25) is 5.92 Å². The lowest BCUT2D eigenvalue weighted by molar-refractivity contribution is -0.117. The minimum atomic E-state index is -4.52. The largest absolute Gasteiger partial charge is 0.417 e. The number of rotatable bonds is 8. The van der Waals surface area contributed by atoms with E-state index in [1.165, 1.54) is 0 Å². The van der Waals surface area contributed by atoms with E-state index in [1.54, 1.807) is 50.5 Å². The van der Waals surface area contributed by atoms with Crippen LogP contribution >= 0.6 is 11.6 Å². The molecule has 3 N–H and O–H groups in total. The zero-order valence-electron chi connectivity index (χ0n) is 23.1. The molecule has 0 aromatic heterocycles. The molecule has 1 aromatic rings. The molecule has 1 fully saturated rings. The van der Waals surface area contributed by atoms with Gasteiger partial charge < -0.3 is 10.6 Å². The summed E-state index contributed by atoms with van der Waals surface area (Å²) < 4.78 is 69.0. The number of carbonyl (C=O) groups excluding carboxylic acids is 1. The molecule has 3 rings (SSSR count). The molecule has 3 unspecified atom stereocenters. The fourth-order valence-corrected chi connectivity index (χ4v) is 5.37. The summed E-state index contributed by atoms with van der Waals surface area (Å²) in [5, 5.41) is 15.2. The molecule has 0 amide bonds. The number of benzene rings is 1. The molecule has 1 aliphatic carbocycles. The first-order valence-electron chi connectivity index (χ1n) is 13.7. The molecule has 1 saturated carbocycles. The molecule has 0 bridgehead atoms. The number of aliphatic imine (C=N–C) groups is 1. The number of hydrogen-bond donors (Lipinski definition) is 3. The maximum atomic E-state index is 14.7. The van der Waals surface area contributed by atoms with Crippen molar-refractivity contribution in [3.63, 3.8) is 0 Å². The average molecular weight is 599 g/mol.